The SMILES string of the molecule is C=CC(=O)OC(CCCCC)CC(C[N+](C)(C)C)OP(=O)(O)O. The number of carbonyl (C=O) groups is 1. The zero-order valence-corrected chi connectivity index (χ0v) is 15.5. The molecule has 136 valence electrons. The normalized spacial score (nSPS) is 15.0. The second-order valence-corrected chi connectivity index (χ2v) is 7.88. The van der Waals surface area contributed by atoms with Crippen molar-refractivity contribution in [3.63, 3.8) is 0 Å². The summed E-state index contributed by atoms with van der Waals surface area (Å²) in [7, 11) is 1.09. The number of ether oxygens (including phenoxy) is 1. The number of hydrogen-bond donors (Lipinski definition) is 2. The molecule has 0 heterocycles. The predicted molar refractivity (Wildman–Crippen MR) is 88.7 cm³/mol. The van der Waals surface area contributed by atoms with Crippen LogP contribution in [0.2, 0.25) is 0 Å². The number of nitrogens with zero attached hydrogens (tertiary/aromatic N) is 1. The zero-order valence-electron chi connectivity index (χ0n) is 14.6. The van der Waals surface area contributed by atoms with Crippen LogP contribution in [0.5, 0.6) is 0 Å². The highest BCUT2D eigenvalue weighted by Gasteiger charge is 2.30. The number of phosphoric ester groups is 1. The third kappa shape index (κ3) is 13.4. The van der Waals surface area contributed by atoms with Gasteiger partial charge >= 0.3 is 13.8 Å². The first-order chi connectivity index (χ1) is 10.5. The second-order valence-electron chi connectivity index (χ2n) is 6.69. The number of phosphoric acid groups is 1. The third-order valence-corrected chi connectivity index (χ3v) is 3.72. The molecule has 0 spiro atoms. The minimum absolute atomic E-state index is 0.240. The summed E-state index contributed by atoms with van der Waals surface area (Å²) >= 11 is 0. The van der Waals surface area contributed by atoms with Gasteiger partial charge in [-0.25, -0.2) is 9.36 Å². The fourth-order valence-corrected chi connectivity index (χ4v) is 2.85. The van der Waals surface area contributed by atoms with Gasteiger partial charge in [-0.05, 0) is 12.8 Å². The van der Waals surface area contributed by atoms with E-state index in [1.54, 1.807) is 0 Å². The van der Waals surface area contributed by atoms with Crippen LogP contribution in [0.1, 0.15) is 39.0 Å². The van der Waals surface area contributed by atoms with E-state index in [2.05, 4.69) is 13.5 Å². The first kappa shape index (κ1) is 22.3. The summed E-state index contributed by atoms with van der Waals surface area (Å²) in [6, 6.07) is 0. The molecule has 0 fully saturated rings. The molecule has 0 bridgehead atoms. The highest BCUT2D eigenvalue weighted by molar-refractivity contribution is 7.46. The summed E-state index contributed by atoms with van der Waals surface area (Å²) in [5, 5.41) is 0. The van der Waals surface area contributed by atoms with Crippen molar-refractivity contribution in [3.05, 3.63) is 12.7 Å². The van der Waals surface area contributed by atoms with E-state index in [4.69, 9.17) is 19.0 Å². The quantitative estimate of drug-likeness (QED) is 0.184. The minimum atomic E-state index is -4.61. The van der Waals surface area contributed by atoms with Crippen molar-refractivity contribution in [2.45, 2.75) is 51.2 Å². The number of carbonyl (C=O) groups excluding carboxylic acids is 1. The molecule has 0 aromatic carbocycles. The maximum atomic E-state index is 11.5. The Bertz CT molecular complexity index is 415. The fourth-order valence-electron chi connectivity index (χ4n) is 2.31. The topological polar surface area (TPSA) is 93.1 Å². The maximum Gasteiger partial charge on any atom is 0.470 e. The molecule has 0 rings (SSSR count). The van der Waals surface area contributed by atoms with E-state index in [0.29, 0.717) is 17.4 Å². The average molecular weight is 352 g/mol. The molecule has 2 atom stereocenters. The van der Waals surface area contributed by atoms with Gasteiger partial charge in [-0.15, -0.1) is 0 Å². The minimum Gasteiger partial charge on any atom is -0.459 e. The lowest BCUT2D eigenvalue weighted by Crippen LogP contribution is -2.43. The van der Waals surface area contributed by atoms with E-state index < -0.39 is 26.0 Å². The summed E-state index contributed by atoms with van der Waals surface area (Å²) in [5.74, 6) is -0.535. The number of quaternary nitrogens is 1. The molecule has 0 amide bonds. The Hall–Kier alpha value is -0.720. The van der Waals surface area contributed by atoms with E-state index in [0.717, 1.165) is 25.3 Å². The van der Waals surface area contributed by atoms with Gasteiger partial charge in [0.15, 0.2) is 0 Å². The lowest BCUT2D eigenvalue weighted by atomic mass is 10.0. The molecule has 2 unspecified atom stereocenters. The summed E-state index contributed by atoms with van der Waals surface area (Å²) in [4.78, 5) is 29.7. The molecule has 0 aliphatic heterocycles. The lowest BCUT2D eigenvalue weighted by molar-refractivity contribution is -0.873. The smallest absolute Gasteiger partial charge is 0.459 e. The molecule has 2 N–H and O–H groups in total. The van der Waals surface area contributed by atoms with Crippen LogP contribution in [0, 0.1) is 0 Å². The van der Waals surface area contributed by atoms with Crippen LogP contribution in [0.3, 0.4) is 0 Å². The van der Waals surface area contributed by atoms with Crippen LogP contribution < -0.4 is 0 Å². The molecule has 0 saturated heterocycles. The number of likely N-dealkylation sites (N-methyl/N-ethyl adjacent to an activating group) is 1. The van der Waals surface area contributed by atoms with Gasteiger partial charge in [-0.1, -0.05) is 26.3 Å². The highest BCUT2D eigenvalue weighted by Crippen LogP contribution is 2.39. The molecular formula is C15H31NO6P+. The number of unbranched alkanes of at least 4 members (excludes halogenated alkanes) is 2. The van der Waals surface area contributed by atoms with Gasteiger partial charge in [0.1, 0.15) is 18.8 Å². The van der Waals surface area contributed by atoms with Crippen molar-refractivity contribution >= 4 is 13.8 Å². The molecular weight excluding hydrogens is 321 g/mol. The van der Waals surface area contributed by atoms with Gasteiger partial charge in [-0.3, -0.25) is 4.52 Å². The van der Waals surface area contributed by atoms with Crippen LogP contribution in [-0.2, 0) is 18.6 Å². The molecule has 23 heavy (non-hydrogen) atoms. The van der Waals surface area contributed by atoms with Gasteiger partial charge in [-0.2, -0.15) is 0 Å². The summed E-state index contributed by atoms with van der Waals surface area (Å²) in [6.45, 7) is 5.84. The first-order valence-corrected chi connectivity index (χ1v) is 9.37. The standard InChI is InChI=1S/C15H30NO6P/c1-6-8-9-10-13(21-15(17)7-2)11-14(12-16(3,4)5)22-23(18,19)20/h7,13-14H,2,6,8-12H2,1,3-5H3,(H-,18,19,20)/p+1. The Kier molecular flexibility index (Phi) is 9.89. The lowest BCUT2D eigenvalue weighted by Gasteiger charge is -2.31. The first-order valence-electron chi connectivity index (χ1n) is 7.84. The maximum absolute atomic E-state index is 11.5. The van der Waals surface area contributed by atoms with Crippen LogP contribution in [0.4, 0.5) is 0 Å². The Morgan fingerprint density at radius 1 is 1.26 bits per heavy atom. The van der Waals surface area contributed by atoms with Crippen molar-refractivity contribution in [2.75, 3.05) is 27.7 Å². The predicted octanol–water partition coefficient (Wildman–Crippen LogP) is 2.24. The van der Waals surface area contributed by atoms with Crippen molar-refractivity contribution in [2.24, 2.45) is 0 Å². The van der Waals surface area contributed by atoms with Gasteiger partial charge in [0.25, 0.3) is 0 Å². The van der Waals surface area contributed by atoms with Gasteiger partial charge < -0.3 is 19.0 Å². The van der Waals surface area contributed by atoms with E-state index >= 15 is 0 Å². The van der Waals surface area contributed by atoms with E-state index in [9.17, 15) is 9.36 Å². The van der Waals surface area contributed by atoms with Crippen LogP contribution >= 0.6 is 7.82 Å². The van der Waals surface area contributed by atoms with E-state index in [-0.39, 0.29) is 6.42 Å². The molecule has 0 aromatic heterocycles. The van der Waals surface area contributed by atoms with Gasteiger partial charge in [0.2, 0.25) is 0 Å². The van der Waals surface area contributed by atoms with Crippen molar-refractivity contribution in [1.82, 2.24) is 0 Å². The third-order valence-electron chi connectivity index (χ3n) is 3.14. The Morgan fingerprint density at radius 3 is 2.30 bits per heavy atom. The van der Waals surface area contributed by atoms with Crippen LogP contribution in [-0.4, -0.2) is 60.1 Å². The molecule has 7 nitrogen and oxygen atoms in total. The van der Waals surface area contributed by atoms with Crippen molar-refractivity contribution in [1.29, 1.82) is 0 Å². The van der Waals surface area contributed by atoms with Crippen molar-refractivity contribution in [3.8, 4) is 0 Å². The van der Waals surface area contributed by atoms with Gasteiger partial charge in [0.05, 0.1) is 21.1 Å². The zero-order chi connectivity index (χ0) is 18.1. The number of esters is 1. The van der Waals surface area contributed by atoms with Crippen LogP contribution in [0.25, 0.3) is 0 Å². The largest absolute Gasteiger partial charge is 0.470 e. The van der Waals surface area contributed by atoms with Gasteiger partial charge in [0, 0.05) is 12.5 Å². The van der Waals surface area contributed by atoms with Crippen LogP contribution in [0.15, 0.2) is 12.7 Å². The van der Waals surface area contributed by atoms with E-state index in [1.807, 2.05) is 21.1 Å². The monoisotopic (exact) mass is 352 g/mol. The summed E-state index contributed by atoms with van der Waals surface area (Å²) < 4.78 is 21.9. The Balaban J connectivity index is 4.94. The second kappa shape index (κ2) is 10.2. The molecule has 8 heteroatoms. The number of hydrogen-bond acceptors (Lipinski definition) is 4. The molecule has 0 aliphatic rings. The summed E-state index contributed by atoms with van der Waals surface area (Å²) in [6.07, 6.45) is 3.71. The van der Waals surface area contributed by atoms with Crippen molar-refractivity contribution < 1.29 is 32.9 Å². The molecule has 0 aliphatic carbocycles. The molecule has 0 saturated carbocycles. The number of rotatable bonds is 12. The molecule has 0 radical (unpaired) electrons. The Labute approximate surface area is 139 Å². The van der Waals surface area contributed by atoms with E-state index in [1.165, 1.54) is 0 Å². The fraction of sp³-hybridized carbons (Fsp3) is 0.800. The highest BCUT2D eigenvalue weighted by atomic mass is 31.2. The summed E-state index contributed by atoms with van der Waals surface area (Å²) in [5.41, 5.74) is 0. The average Bonchev–Trinajstić information content (AvgIpc) is 2.34. The Morgan fingerprint density at radius 2 is 1.87 bits per heavy atom. The molecule has 0 aromatic rings.